The van der Waals surface area contributed by atoms with Crippen molar-refractivity contribution < 1.29 is 28.4 Å². The Morgan fingerprint density at radius 3 is 2.04 bits per heavy atom. The summed E-state index contributed by atoms with van der Waals surface area (Å²) >= 11 is 0. The molecule has 5 rings (SSSR count). The van der Waals surface area contributed by atoms with E-state index < -0.39 is 66.1 Å². The minimum absolute atomic E-state index is 0.0194. The summed E-state index contributed by atoms with van der Waals surface area (Å²) in [4.78, 5) is 79.3. The van der Waals surface area contributed by atoms with Gasteiger partial charge in [0, 0.05) is 37.7 Å². The number of fused-ring (bicyclic) bond motifs is 1. The van der Waals surface area contributed by atoms with E-state index in [1.54, 1.807) is 0 Å². The van der Waals surface area contributed by atoms with Crippen molar-refractivity contribution in [1.29, 1.82) is 0 Å². The van der Waals surface area contributed by atoms with Crippen molar-refractivity contribution in [1.82, 2.24) is 36.6 Å². The number of hydrogen-bond donors (Lipinski definition) is 8. The highest BCUT2D eigenvalue weighted by molar-refractivity contribution is 5.97. The van der Waals surface area contributed by atoms with Crippen LogP contribution in [0.4, 0.5) is 4.39 Å². The second kappa shape index (κ2) is 17.6. The molecule has 1 fully saturated rings. The smallest absolute Gasteiger partial charge is 0.243 e. The van der Waals surface area contributed by atoms with Gasteiger partial charge in [0.2, 0.25) is 29.5 Å². The summed E-state index contributed by atoms with van der Waals surface area (Å²) in [5, 5.41) is 15.3. The third kappa shape index (κ3) is 10.6. The van der Waals surface area contributed by atoms with Gasteiger partial charge in [-0.05, 0) is 46.9 Å². The third-order valence-corrected chi connectivity index (χ3v) is 8.50. The summed E-state index contributed by atoms with van der Waals surface area (Å²) in [5.74, 6) is -4.08. The van der Waals surface area contributed by atoms with Gasteiger partial charge in [-0.15, -0.1) is 0 Å². The first-order chi connectivity index (χ1) is 25.0. The number of nitrogens with zero attached hydrogens (tertiary/aromatic N) is 2. The molecule has 0 spiro atoms. The molecule has 0 aliphatic carbocycles. The van der Waals surface area contributed by atoms with Crippen LogP contribution >= 0.6 is 0 Å². The van der Waals surface area contributed by atoms with Crippen LogP contribution in [-0.4, -0.2) is 82.7 Å². The molecule has 0 radical (unpaired) electrons. The Morgan fingerprint density at radius 1 is 0.731 bits per heavy atom. The molecule has 16 heteroatoms. The second-order valence-electron chi connectivity index (χ2n) is 12.5. The van der Waals surface area contributed by atoms with E-state index in [1.165, 1.54) is 36.8 Å². The molecule has 4 atom stereocenters. The molecule has 4 aromatic rings. The molecular weight excluding hydrogens is 671 g/mol. The predicted octanol–water partition coefficient (Wildman–Crippen LogP) is -0.147. The average molecular weight is 713 g/mol. The number of benzene rings is 3. The predicted molar refractivity (Wildman–Crippen MR) is 191 cm³/mol. The van der Waals surface area contributed by atoms with Crippen LogP contribution in [0.1, 0.15) is 29.7 Å². The Labute approximate surface area is 298 Å². The van der Waals surface area contributed by atoms with Gasteiger partial charge in [-0.2, -0.15) is 0 Å². The number of nitrogens with one attached hydrogen (secondary N) is 6. The first kappa shape index (κ1) is 36.9. The van der Waals surface area contributed by atoms with Gasteiger partial charge in [-0.3, -0.25) is 29.0 Å². The molecule has 1 aliphatic heterocycles. The van der Waals surface area contributed by atoms with E-state index in [0.717, 1.165) is 16.3 Å². The molecular formula is C36H41FN10O5. The molecule has 2 heterocycles. The molecule has 1 aliphatic rings. The van der Waals surface area contributed by atoms with Crippen LogP contribution in [-0.2, 0) is 43.2 Å². The number of hydrogen-bond acceptors (Lipinski definition) is 7. The van der Waals surface area contributed by atoms with Gasteiger partial charge in [0.25, 0.3) is 0 Å². The maximum absolute atomic E-state index is 14.0. The lowest BCUT2D eigenvalue weighted by Crippen LogP contribution is -2.58. The van der Waals surface area contributed by atoms with Crippen molar-refractivity contribution in [3.8, 4) is 0 Å². The number of rotatable bonds is 10. The van der Waals surface area contributed by atoms with E-state index in [2.05, 4.69) is 41.5 Å². The van der Waals surface area contributed by atoms with Gasteiger partial charge >= 0.3 is 0 Å². The summed E-state index contributed by atoms with van der Waals surface area (Å²) < 4.78 is 13.7. The Balaban J connectivity index is 1.48. The molecule has 52 heavy (non-hydrogen) atoms. The minimum Gasteiger partial charge on any atom is -0.370 e. The standard InChI is InChI=1S/C36H41FN10O5/c37-25-11-8-21(9-12-25)15-29-34(51)45-27(6-3-13-41-36(38)39)33(50)46-28(16-22-7-10-23-4-1-2-5-24(23)14-22)32(49)42-19-31(48)44-30(35(52)47-29)17-26-18-40-20-43-26/h1-2,4-5,7-12,14,18,20,27-30H,3,6,13,15-17,19H2,(H,40,43)(H,42,49)(H,44,48)(H,45,51)(H,46,50)(H,47,52)(H4,38,39,41)/t27-,28-,29+,30-/m0/s1. The highest BCUT2D eigenvalue weighted by Crippen LogP contribution is 2.17. The lowest BCUT2D eigenvalue weighted by molar-refractivity contribution is -0.134. The van der Waals surface area contributed by atoms with Crippen LogP contribution in [0.5, 0.6) is 0 Å². The number of carbonyl (C=O) groups is 5. The van der Waals surface area contributed by atoms with E-state index in [-0.39, 0.29) is 44.6 Å². The van der Waals surface area contributed by atoms with Crippen LogP contribution in [0.15, 0.2) is 84.2 Å². The van der Waals surface area contributed by atoms with Crippen molar-refractivity contribution >= 4 is 46.3 Å². The monoisotopic (exact) mass is 712 g/mol. The van der Waals surface area contributed by atoms with Gasteiger partial charge in [-0.1, -0.05) is 54.6 Å². The first-order valence-corrected chi connectivity index (χ1v) is 16.8. The largest absolute Gasteiger partial charge is 0.370 e. The zero-order valence-electron chi connectivity index (χ0n) is 28.2. The summed E-state index contributed by atoms with van der Waals surface area (Å²) in [6.07, 6.45) is 3.22. The number of amides is 5. The Hall–Kier alpha value is -6.32. The SMILES string of the molecule is NC(N)=NCCC[C@@H]1NC(=O)[C@@H](Cc2ccc(F)cc2)NC(=O)[C@H](Cc2cnc[nH]2)NC(=O)CNC(=O)[C@H](Cc2ccc3ccccc3c2)NC1=O. The first-order valence-electron chi connectivity index (χ1n) is 16.8. The lowest BCUT2D eigenvalue weighted by atomic mass is 10.00. The molecule has 1 aromatic heterocycles. The van der Waals surface area contributed by atoms with E-state index in [0.29, 0.717) is 11.3 Å². The molecule has 15 nitrogen and oxygen atoms in total. The number of aromatic amines is 1. The fourth-order valence-corrected chi connectivity index (χ4v) is 5.83. The van der Waals surface area contributed by atoms with Crippen molar-refractivity contribution in [3.63, 3.8) is 0 Å². The molecule has 10 N–H and O–H groups in total. The molecule has 0 saturated carbocycles. The molecule has 0 unspecified atom stereocenters. The third-order valence-electron chi connectivity index (χ3n) is 8.50. The highest BCUT2D eigenvalue weighted by atomic mass is 19.1. The van der Waals surface area contributed by atoms with Crippen LogP contribution < -0.4 is 38.1 Å². The Kier molecular flexibility index (Phi) is 12.5. The fourth-order valence-electron chi connectivity index (χ4n) is 5.83. The van der Waals surface area contributed by atoms with Crippen LogP contribution in [0.25, 0.3) is 10.8 Å². The molecule has 1 saturated heterocycles. The summed E-state index contributed by atoms with van der Waals surface area (Å²) in [6.45, 7) is -0.352. The van der Waals surface area contributed by atoms with Gasteiger partial charge in [0.05, 0.1) is 12.9 Å². The van der Waals surface area contributed by atoms with E-state index in [9.17, 15) is 28.4 Å². The summed E-state index contributed by atoms with van der Waals surface area (Å²) in [5.41, 5.74) is 12.7. The summed E-state index contributed by atoms with van der Waals surface area (Å²) in [6, 6.07) is 13.9. The van der Waals surface area contributed by atoms with Crippen molar-refractivity contribution in [2.75, 3.05) is 13.1 Å². The van der Waals surface area contributed by atoms with Crippen LogP contribution in [0.3, 0.4) is 0 Å². The number of guanidine groups is 1. The Morgan fingerprint density at radius 2 is 1.35 bits per heavy atom. The van der Waals surface area contributed by atoms with Crippen LogP contribution in [0.2, 0.25) is 0 Å². The van der Waals surface area contributed by atoms with E-state index in [4.69, 9.17) is 11.5 Å². The number of H-pyrrole nitrogens is 1. The fraction of sp³-hybridized carbons (Fsp3) is 0.306. The molecule has 272 valence electrons. The maximum Gasteiger partial charge on any atom is 0.243 e. The average Bonchev–Trinajstić information content (AvgIpc) is 3.64. The lowest BCUT2D eigenvalue weighted by Gasteiger charge is -2.26. The zero-order chi connectivity index (χ0) is 37.0. The Bertz CT molecular complexity index is 1910. The number of halogens is 1. The van der Waals surface area contributed by atoms with Gasteiger partial charge in [-0.25, -0.2) is 9.37 Å². The van der Waals surface area contributed by atoms with E-state index in [1.807, 2.05) is 42.5 Å². The number of aromatic nitrogens is 2. The highest BCUT2D eigenvalue weighted by Gasteiger charge is 2.33. The molecule has 5 amide bonds. The van der Waals surface area contributed by atoms with Crippen molar-refractivity contribution in [2.24, 2.45) is 16.5 Å². The zero-order valence-corrected chi connectivity index (χ0v) is 28.2. The molecule has 0 bridgehead atoms. The number of imidazole rings is 1. The number of nitrogens with two attached hydrogens (primary N) is 2. The second-order valence-corrected chi connectivity index (χ2v) is 12.5. The van der Waals surface area contributed by atoms with Gasteiger partial charge in [0.15, 0.2) is 5.96 Å². The normalized spacial score (nSPS) is 20.4. The van der Waals surface area contributed by atoms with Crippen molar-refractivity contribution in [3.05, 3.63) is 102 Å². The van der Waals surface area contributed by atoms with Crippen molar-refractivity contribution in [2.45, 2.75) is 56.3 Å². The topological polar surface area (TPSA) is 239 Å². The molecule has 3 aromatic carbocycles. The quantitative estimate of drug-likeness (QED) is 0.0624. The number of carbonyl (C=O) groups excluding carboxylic acids is 5. The van der Waals surface area contributed by atoms with E-state index >= 15 is 0 Å². The number of aliphatic imine (C=N–C) groups is 1. The van der Waals surface area contributed by atoms with Gasteiger partial charge < -0.3 is 43.0 Å². The maximum atomic E-state index is 14.0. The summed E-state index contributed by atoms with van der Waals surface area (Å²) in [7, 11) is 0. The van der Waals surface area contributed by atoms with Gasteiger partial charge in [0.1, 0.15) is 30.0 Å². The van der Waals surface area contributed by atoms with Crippen LogP contribution in [0, 0.1) is 5.82 Å². The minimum atomic E-state index is -1.26.